The zero-order valence-electron chi connectivity index (χ0n) is 15.8. The third-order valence-corrected chi connectivity index (χ3v) is 5.94. The molecule has 30 heavy (non-hydrogen) atoms. The van der Waals surface area contributed by atoms with Gasteiger partial charge in [-0.05, 0) is 24.1 Å². The van der Waals surface area contributed by atoms with E-state index in [4.69, 9.17) is 5.21 Å². The number of nitrogens with one attached hydrogen (secondary N) is 1. The lowest BCUT2D eigenvalue weighted by Crippen LogP contribution is -2.39. The molecule has 2 N–H and O–H groups in total. The summed E-state index contributed by atoms with van der Waals surface area (Å²) in [6, 6.07) is 7.67. The number of amides is 1. The Hall–Kier alpha value is -3.38. The van der Waals surface area contributed by atoms with E-state index in [0.717, 1.165) is 23.1 Å². The molecule has 3 rings (SSSR count). The monoisotopic (exact) mass is 435 g/mol. The van der Waals surface area contributed by atoms with E-state index in [9.17, 15) is 22.4 Å². The van der Waals surface area contributed by atoms with Crippen molar-refractivity contribution in [3.8, 4) is 16.8 Å². The van der Waals surface area contributed by atoms with E-state index in [1.54, 1.807) is 24.3 Å². The molecule has 0 saturated heterocycles. The van der Waals surface area contributed by atoms with Crippen LogP contribution in [-0.2, 0) is 21.2 Å². The number of sulfone groups is 1. The average Bonchev–Trinajstić information content (AvgIpc) is 3.24. The lowest BCUT2D eigenvalue weighted by atomic mass is 10.1. The van der Waals surface area contributed by atoms with Crippen LogP contribution in [0.4, 0.5) is 4.39 Å². The van der Waals surface area contributed by atoms with Gasteiger partial charge < -0.3 is 4.57 Å². The minimum atomic E-state index is -3.84. The molecule has 1 amide bonds. The topological polar surface area (TPSA) is 136 Å². The first-order valence-corrected chi connectivity index (χ1v) is 10.7. The molecule has 0 radical (unpaired) electrons. The van der Waals surface area contributed by atoms with E-state index in [0.29, 0.717) is 11.3 Å². The van der Waals surface area contributed by atoms with Crippen LogP contribution >= 0.6 is 0 Å². The Morgan fingerprint density at radius 3 is 2.43 bits per heavy atom. The van der Waals surface area contributed by atoms with Crippen molar-refractivity contribution in [2.75, 3.05) is 6.26 Å². The van der Waals surface area contributed by atoms with Crippen LogP contribution in [0.15, 0.2) is 53.7 Å². The number of halogens is 1. The number of pyridine rings is 1. The number of aryl methyl sites for hydroxylation is 1. The number of hydrogen-bond acceptors (Lipinski definition) is 7. The summed E-state index contributed by atoms with van der Waals surface area (Å²) in [6.07, 6.45) is 4.52. The molecule has 2 heterocycles. The second-order valence-electron chi connectivity index (χ2n) is 6.51. The van der Waals surface area contributed by atoms with Gasteiger partial charge in [0.2, 0.25) is 0 Å². The van der Waals surface area contributed by atoms with E-state index >= 15 is 0 Å². The summed E-state index contributed by atoms with van der Waals surface area (Å²) < 4.78 is 39.0. The molecule has 0 aliphatic heterocycles. The quantitative estimate of drug-likeness (QED) is 0.408. The molecule has 1 atom stereocenters. The van der Waals surface area contributed by atoms with Crippen molar-refractivity contribution in [2.45, 2.75) is 18.2 Å². The summed E-state index contributed by atoms with van der Waals surface area (Å²) in [6.45, 7) is -0.231. The summed E-state index contributed by atoms with van der Waals surface area (Å²) in [5.41, 5.74) is 1.91. The highest BCUT2D eigenvalue weighted by Crippen LogP contribution is 2.22. The van der Waals surface area contributed by atoms with E-state index in [2.05, 4.69) is 10.2 Å². The van der Waals surface area contributed by atoms with Gasteiger partial charge in [-0.2, -0.15) is 15.0 Å². The number of carbonyl (C=O) groups excluding carboxylic acids is 1. The van der Waals surface area contributed by atoms with Gasteiger partial charge in [0, 0.05) is 30.6 Å². The summed E-state index contributed by atoms with van der Waals surface area (Å²) in [7, 11) is -3.84. The van der Waals surface area contributed by atoms with Crippen LogP contribution in [0.25, 0.3) is 16.8 Å². The van der Waals surface area contributed by atoms with Crippen LogP contribution in [-0.4, -0.2) is 50.6 Å². The summed E-state index contributed by atoms with van der Waals surface area (Å²) in [5, 5.41) is 15.1. The first-order valence-electron chi connectivity index (χ1n) is 8.70. The smallest absolute Gasteiger partial charge is 0.261 e. The van der Waals surface area contributed by atoms with E-state index in [1.807, 2.05) is 0 Å². The average molecular weight is 435 g/mol. The van der Waals surface area contributed by atoms with Crippen molar-refractivity contribution < 1.29 is 22.8 Å². The molecule has 0 fully saturated rings. The van der Waals surface area contributed by atoms with Crippen LogP contribution in [0.1, 0.15) is 6.42 Å². The zero-order chi connectivity index (χ0) is 21.9. The molecule has 0 bridgehead atoms. The number of nitrogens with zero attached hydrogens (tertiary/aromatic N) is 4. The number of rotatable bonds is 7. The Labute approximate surface area is 170 Å². The van der Waals surface area contributed by atoms with Crippen molar-refractivity contribution in [3.63, 3.8) is 0 Å². The van der Waals surface area contributed by atoms with Crippen LogP contribution in [0.5, 0.6) is 0 Å². The number of hydroxylamine groups is 1. The molecule has 0 spiro atoms. The van der Waals surface area contributed by atoms with Crippen molar-refractivity contribution in [1.82, 2.24) is 25.0 Å². The number of hydrogen-bond donors (Lipinski definition) is 2. The van der Waals surface area contributed by atoms with Gasteiger partial charge in [0.05, 0.1) is 18.1 Å². The lowest BCUT2D eigenvalue weighted by molar-refractivity contribution is -0.128. The zero-order valence-corrected chi connectivity index (χ0v) is 16.6. The highest BCUT2D eigenvalue weighted by atomic mass is 32.2. The van der Waals surface area contributed by atoms with E-state index in [-0.39, 0.29) is 18.5 Å². The molecule has 158 valence electrons. The fraction of sp³-hybridized carbons (Fsp3) is 0.222. The predicted octanol–water partition coefficient (Wildman–Crippen LogP) is 0.544. The van der Waals surface area contributed by atoms with Crippen molar-refractivity contribution in [2.24, 2.45) is 0 Å². The minimum absolute atomic E-state index is 0.0731. The van der Waals surface area contributed by atoms with Gasteiger partial charge in [0.15, 0.2) is 9.84 Å². The number of carbonyl (C=O) groups is 1. The Kier molecular flexibility index (Phi) is 6.08. The van der Waals surface area contributed by atoms with Crippen LogP contribution in [0.3, 0.4) is 0 Å². The maximum absolute atomic E-state index is 14.6. The molecule has 0 aliphatic rings. The summed E-state index contributed by atoms with van der Waals surface area (Å²) in [5.74, 6) is -1.81. The Balaban J connectivity index is 1.83. The van der Waals surface area contributed by atoms with Gasteiger partial charge in [-0.15, -0.1) is 0 Å². The fourth-order valence-corrected chi connectivity index (χ4v) is 3.91. The molecular weight excluding hydrogens is 417 g/mol. The number of benzene rings is 1. The van der Waals surface area contributed by atoms with E-state index in [1.165, 1.54) is 22.7 Å². The Bertz CT molecular complexity index is 1210. The summed E-state index contributed by atoms with van der Waals surface area (Å²) >= 11 is 0. The molecule has 0 saturated carbocycles. The highest BCUT2D eigenvalue weighted by Gasteiger charge is 2.28. The SMILES string of the molecule is CS(=O)(=O)[C@H](CCn1cc(F)c(-c2ccc(-n3nccn3)cc2)cc1=O)C(=O)NO. The van der Waals surface area contributed by atoms with Crippen LogP contribution in [0, 0.1) is 5.82 Å². The van der Waals surface area contributed by atoms with Crippen LogP contribution < -0.4 is 11.0 Å². The lowest BCUT2D eigenvalue weighted by Gasteiger charge is -2.14. The molecule has 0 aliphatic carbocycles. The normalized spacial score (nSPS) is 12.5. The maximum Gasteiger partial charge on any atom is 0.261 e. The molecule has 12 heteroatoms. The Morgan fingerprint density at radius 2 is 1.87 bits per heavy atom. The van der Waals surface area contributed by atoms with Gasteiger partial charge in [0.1, 0.15) is 11.1 Å². The molecule has 0 unspecified atom stereocenters. The van der Waals surface area contributed by atoms with Crippen LogP contribution in [0.2, 0.25) is 0 Å². The van der Waals surface area contributed by atoms with Gasteiger partial charge in [-0.25, -0.2) is 18.3 Å². The van der Waals surface area contributed by atoms with E-state index < -0.39 is 32.4 Å². The highest BCUT2D eigenvalue weighted by molar-refractivity contribution is 7.92. The predicted molar refractivity (Wildman–Crippen MR) is 104 cm³/mol. The maximum atomic E-state index is 14.6. The second kappa shape index (κ2) is 8.55. The van der Waals surface area contributed by atoms with Crippen molar-refractivity contribution in [1.29, 1.82) is 0 Å². The number of aromatic nitrogens is 4. The molecular formula is C18H18FN5O5S. The molecule has 2 aromatic heterocycles. The Morgan fingerprint density at radius 1 is 1.23 bits per heavy atom. The second-order valence-corrected chi connectivity index (χ2v) is 8.74. The fourth-order valence-electron chi connectivity index (χ4n) is 2.93. The summed E-state index contributed by atoms with van der Waals surface area (Å²) in [4.78, 5) is 25.4. The molecule has 3 aromatic rings. The van der Waals surface area contributed by atoms with Gasteiger partial charge in [0.25, 0.3) is 11.5 Å². The third kappa shape index (κ3) is 4.60. The van der Waals surface area contributed by atoms with Crippen molar-refractivity contribution in [3.05, 3.63) is 65.1 Å². The van der Waals surface area contributed by atoms with Gasteiger partial charge in [-0.3, -0.25) is 14.8 Å². The third-order valence-electron chi connectivity index (χ3n) is 4.46. The minimum Gasteiger partial charge on any atom is -0.312 e. The first-order chi connectivity index (χ1) is 14.2. The first kappa shape index (κ1) is 21.3. The van der Waals surface area contributed by atoms with Gasteiger partial charge >= 0.3 is 0 Å². The molecule has 10 nitrogen and oxygen atoms in total. The van der Waals surface area contributed by atoms with Gasteiger partial charge in [-0.1, -0.05) is 12.1 Å². The molecule has 1 aromatic carbocycles. The van der Waals surface area contributed by atoms with Crippen molar-refractivity contribution >= 4 is 15.7 Å². The standard InChI is InChI=1S/C18H18FN5O5S/c1-30(28,29)16(18(26)22-27)6-9-23-11-15(19)14(10-17(23)25)12-2-4-13(5-3-12)24-20-7-8-21-24/h2-5,7-8,10-11,16,27H,6,9H2,1H3,(H,22,26)/t16-/m1/s1. The largest absolute Gasteiger partial charge is 0.312 e.